The summed E-state index contributed by atoms with van der Waals surface area (Å²) in [6, 6.07) is 27.5. The molecule has 0 amide bonds. The molecule has 0 fully saturated rings. The van der Waals surface area contributed by atoms with E-state index in [4.69, 9.17) is 9.97 Å². The average molecular weight is 519 g/mol. The number of fused-ring (bicyclic) bond motifs is 8. The van der Waals surface area contributed by atoms with Crippen LogP contribution in [0.3, 0.4) is 0 Å². The number of aromatic amines is 2. The summed E-state index contributed by atoms with van der Waals surface area (Å²) in [6.45, 7) is 0. The molecule has 6 nitrogen and oxygen atoms in total. The van der Waals surface area contributed by atoms with E-state index in [0.717, 1.165) is 45.9 Å². The number of hydrogen-bond donors (Lipinski definition) is 2. The highest BCUT2D eigenvalue weighted by atomic mass is 16.1. The minimum atomic E-state index is 0.462. The average Bonchev–Trinajstić information content (AvgIpc) is 3.81. The molecule has 5 aromatic rings. The second-order valence-corrected chi connectivity index (χ2v) is 9.55. The molecular formula is C34H22N4O2. The Hall–Kier alpha value is -5.62. The Morgan fingerprint density at radius 2 is 0.825 bits per heavy atom. The van der Waals surface area contributed by atoms with E-state index in [1.807, 2.05) is 109 Å². The van der Waals surface area contributed by atoms with Gasteiger partial charge in [0.15, 0.2) is 12.6 Å². The van der Waals surface area contributed by atoms with Gasteiger partial charge in [0.05, 0.1) is 44.9 Å². The van der Waals surface area contributed by atoms with Gasteiger partial charge in [-0.25, -0.2) is 9.97 Å². The van der Waals surface area contributed by atoms with Crippen LogP contribution in [0.15, 0.2) is 84.9 Å². The Balaban J connectivity index is 1.67. The molecule has 7 rings (SSSR count). The second-order valence-electron chi connectivity index (χ2n) is 9.55. The van der Waals surface area contributed by atoms with Gasteiger partial charge in [0, 0.05) is 22.2 Å². The standard InChI is InChI=1S/C34H22N4O2/c39-19-23-25-11-15-29(35-25)33(21-7-3-1-4-8-21)30-16-12-26(36-30)24(20-40)28-14-18-32(38-28)34(22-9-5-2-6-10-22)31-17-13-27(23)37-31/h1-20,35,38H. The molecule has 8 bridgehead atoms. The number of aldehydes is 2. The number of H-pyrrole nitrogens is 2. The van der Waals surface area contributed by atoms with Crippen molar-refractivity contribution in [3.05, 3.63) is 119 Å². The third-order valence-corrected chi connectivity index (χ3v) is 7.20. The summed E-state index contributed by atoms with van der Waals surface area (Å²) < 4.78 is 0. The van der Waals surface area contributed by atoms with E-state index < -0.39 is 0 Å². The van der Waals surface area contributed by atoms with Gasteiger partial charge in [-0.3, -0.25) is 9.59 Å². The summed E-state index contributed by atoms with van der Waals surface area (Å²) in [7, 11) is 0. The zero-order valence-electron chi connectivity index (χ0n) is 21.3. The lowest BCUT2D eigenvalue weighted by Gasteiger charge is -2.04. The first-order chi connectivity index (χ1) is 19.7. The Bertz CT molecular complexity index is 1880. The van der Waals surface area contributed by atoms with Crippen LogP contribution in [0.4, 0.5) is 0 Å². The zero-order valence-corrected chi connectivity index (χ0v) is 21.3. The number of benzene rings is 2. The summed E-state index contributed by atoms with van der Waals surface area (Å²) in [5.41, 5.74) is 10.1. The van der Waals surface area contributed by atoms with Crippen molar-refractivity contribution >= 4 is 58.9 Å². The Morgan fingerprint density at radius 1 is 0.450 bits per heavy atom. The van der Waals surface area contributed by atoms with Crippen molar-refractivity contribution in [3.8, 4) is 22.3 Å². The number of rotatable bonds is 4. The van der Waals surface area contributed by atoms with E-state index in [0.29, 0.717) is 44.9 Å². The normalized spacial score (nSPS) is 12.0. The molecule has 6 heteroatoms. The van der Waals surface area contributed by atoms with Crippen LogP contribution in [-0.4, -0.2) is 32.5 Å². The molecule has 2 N–H and O–H groups in total. The number of aromatic nitrogens is 4. The van der Waals surface area contributed by atoms with Crippen molar-refractivity contribution in [1.82, 2.24) is 19.9 Å². The summed E-state index contributed by atoms with van der Waals surface area (Å²) in [5, 5.41) is 0. The molecule has 0 saturated carbocycles. The first-order valence-electron chi connectivity index (χ1n) is 12.9. The van der Waals surface area contributed by atoms with Crippen molar-refractivity contribution in [2.45, 2.75) is 0 Å². The van der Waals surface area contributed by atoms with Crippen molar-refractivity contribution in [2.24, 2.45) is 0 Å². The van der Waals surface area contributed by atoms with Gasteiger partial charge in [0.2, 0.25) is 0 Å². The van der Waals surface area contributed by atoms with Gasteiger partial charge >= 0.3 is 0 Å². The van der Waals surface area contributed by atoms with Crippen LogP contribution >= 0.6 is 0 Å². The molecule has 0 unspecified atom stereocenters. The highest BCUT2D eigenvalue weighted by Gasteiger charge is 2.16. The van der Waals surface area contributed by atoms with E-state index in [2.05, 4.69) is 9.97 Å². The lowest BCUT2D eigenvalue weighted by atomic mass is 10.0. The van der Waals surface area contributed by atoms with Gasteiger partial charge in [0.1, 0.15) is 0 Å². The van der Waals surface area contributed by atoms with Crippen LogP contribution in [0.25, 0.3) is 68.6 Å². The summed E-state index contributed by atoms with van der Waals surface area (Å²) >= 11 is 0. The monoisotopic (exact) mass is 518 g/mol. The van der Waals surface area contributed by atoms with E-state index in [-0.39, 0.29) is 0 Å². The SMILES string of the molecule is O=Cc1c2nc(c(-c3ccccc3)c3ccc([nH]3)c(C=O)c3nc(c(-c4ccccc4)c4ccc1[nH]4)C=C3)C=C2. The fourth-order valence-corrected chi connectivity index (χ4v) is 5.31. The maximum Gasteiger partial charge on any atom is 0.154 e. The molecule has 0 radical (unpaired) electrons. The maximum absolute atomic E-state index is 12.4. The van der Waals surface area contributed by atoms with Crippen LogP contribution in [0.5, 0.6) is 0 Å². The van der Waals surface area contributed by atoms with Crippen molar-refractivity contribution < 1.29 is 9.59 Å². The number of nitrogens with zero attached hydrogens (tertiary/aromatic N) is 2. The summed E-state index contributed by atoms with van der Waals surface area (Å²) in [6.07, 6.45) is 9.23. The third-order valence-electron chi connectivity index (χ3n) is 7.20. The Kier molecular flexibility index (Phi) is 5.64. The van der Waals surface area contributed by atoms with Crippen LogP contribution < -0.4 is 0 Å². The van der Waals surface area contributed by atoms with Gasteiger partial charge < -0.3 is 9.97 Å². The van der Waals surface area contributed by atoms with Gasteiger partial charge in [-0.2, -0.15) is 0 Å². The number of hydrogen-bond acceptors (Lipinski definition) is 4. The number of carbonyl (C=O) groups excluding carboxylic acids is 2. The highest BCUT2D eigenvalue weighted by molar-refractivity contribution is 6.00. The van der Waals surface area contributed by atoms with Crippen molar-refractivity contribution in [1.29, 1.82) is 0 Å². The largest absolute Gasteiger partial charge is 0.354 e. The van der Waals surface area contributed by atoms with E-state index >= 15 is 0 Å². The lowest BCUT2D eigenvalue weighted by molar-refractivity contribution is 0.111. The fourth-order valence-electron chi connectivity index (χ4n) is 5.31. The molecule has 0 atom stereocenters. The zero-order chi connectivity index (χ0) is 27.1. The molecule has 0 spiro atoms. The number of carbonyl (C=O) groups is 2. The van der Waals surface area contributed by atoms with E-state index in [1.54, 1.807) is 0 Å². The summed E-state index contributed by atoms with van der Waals surface area (Å²) in [4.78, 5) is 41.5. The molecule has 0 saturated heterocycles. The first kappa shape index (κ1) is 23.5. The molecule has 0 aliphatic carbocycles. The van der Waals surface area contributed by atoms with Crippen molar-refractivity contribution in [2.75, 3.05) is 0 Å². The van der Waals surface area contributed by atoms with Crippen LogP contribution in [0, 0.1) is 0 Å². The van der Waals surface area contributed by atoms with Gasteiger partial charge in [-0.15, -0.1) is 0 Å². The Labute approximate surface area is 229 Å². The van der Waals surface area contributed by atoms with Gasteiger partial charge in [-0.05, 0) is 59.7 Å². The minimum Gasteiger partial charge on any atom is -0.354 e. The topological polar surface area (TPSA) is 91.5 Å². The van der Waals surface area contributed by atoms with Crippen LogP contribution in [0.2, 0.25) is 0 Å². The first-order valence-corrected chi connectivity index (χ1v) is 12.9. The molecule has 40 heavy (non-hydrogen) atoms. The predicted molar refractivity (Wildman–Crippen MR) is 161 cm³/mol. The Morgan fingerprint density at radius 3 is 1.23 bits per heavy atom. The molecule has 3 aromatic heterocycles. The second kappa shape index (κ2) is 9.60. The smallest absolute Gasteiger partial charge is 0.154 e. The lowest BCUT2D eigenvalue weighted by Crippen LogP contribution is -1.91. The molecule has 2 aliphatic heterocycles. The third kappa shape index (κ3) is 3.90. The van der Waals surface area contributed by atoms with E-state index in [9.17, 15) is 9.59 Å². The molecular weight excluding hydrogens is 496 g/mol. The van der Waals surface area contributed by atoms with E-state index in [1.165, 1.54) is 0 Å². The van der Waals surface area contributed by atoms with Crippen LogP contribution in [0.1, 0.15) is 43.5 Å². The predicted octanol–water partition coefficient (Wildman–Crippen LogP) is 7.61. The fraction of sp³-hybridized carbons (Fsp3) is 0. The van der Waals surface area contributed by atoms with Gasteiger partial charge in [0.25, 0.3) is 0 Å². The quantitative estimate of drug-likeness (QED) is 0.235. The molecule has 5 heterocycles. The maximum atomic E-state index is 12.4. The highest BCUT2D eigenvalue weighted by Crippen LogP contribution is 2.33. The summed E-state index contributed by atoms with van der Waals surface area (Å²) in [5.74, 6) is 0. The minimum absolute atomic E-state index is 0.462. The molecule has 2 aliphatic rings. The van der Waals surface area contributed by atoms with Gasteiger partial charge in [-0.1, -0.05) is 60.7 Å². The number of nitrogens with one attached hydrogen (secondary N) is 2. The molecule has 190 valence electrons. The van der Waals surface area contributed by atoms with Crippen molar-refractivity contribution in [3.63, 3.8) is 0 Å². The molecule has 2 aromatic carbocycles. The van der Waals surface area contributed by atoms with Crippen LogP contribution in [-0.2, 0) is 0 Å².